The van der Waals surface area contributed by atoms with Gasteiger partial charge in [-0.15, -0.1) is 0 Å². The van der Waals surface area contributed by atoms with Gasteiger partial charge >= 0.3 is 5.97 Å². The molecule has 6 nitrogen and oxygen atoms in total. The van der Waals surface area contributed by atoms with E-state index in [2.05, 4.69) is 0 Å². The van der Waals surface area contributed by atoms with Crippen LogP contribution in [0.3, 0.4) is 0 Å². The highest BCUT2D eigenvalue weighted by Gasteiger charge is 2.45. The van der Waals surface area contributed by atoms with Crippen LogP contribution in [0.4, 0.5) is 0 Å². The number of rotatable bonds is 5. The molecule has 0 spiro atoms. The molecule has 1 saturated heterocycles. The maximum Gasteiger partial charge on any atom is 0.320 e. The summed E-state index contributed by atoms with van der Waals surface area (Å²) >= 11 is 0. The third kappa shape index (κ3) is 3.21. The molecule has 1 heterocycles. The van der Waals surface area contributed by atoms with Gasteiger partial charge in [-0.3, -0.25) is 9.69 Å². The van der Waals surface area contributed by atoms with Gasteiger partial charge in [0.1, 0.15) is 0 Å². The molecule has 2 atom stereocenters. The van der Waals surface area contributed by atoms with Crippen molar-refractivity contribution in [2.24, 2.45) is 0 Å². The predicted molar refractivity (Wildman–Crippen MR) is 64.8 cm³/mol. The largest absolute Gasteiger partial charge is 0.465 e. The second-order valence-corrected chi connectivity index (χ2v) is 7.07. The van der Waals surface area contributed by atoms with Gasteiger partial charge in [0.25, 0.3) is 0 Å². The number of nitrogens with zero attached hydrogens (tertiary/aromatic N) is 1. The molecule has 0 aromatic rings. The molecule has 18 heavy (non-hydrogen) atoms. The lowest BCUT2D eigenvalue weighted by Gasteiger charge is -2.28. The summed E-state index contributed by atoms with van der Waals surface area (Å²) in [6, 6.07) is -0.255. The van der Waals surface area contributed by atoms with Crippen molar-refractivity contribution in [2.75, 3.05) is 24.7 Å². The highest BCUT2D eigenvalue weighted by Crippen LogP contribution is 2.32. The molecule has 0 aromatic heterocycles. The van der Waals surface area contributed by atoms with Gasteiger partial charge in [-0.2, -0.15) is 0 Å². The quantitative estimate of drug-likeness (QED) is 0.661. The fraction of sp³-hybridized carbons (Fsp3) is 0.909. The maximum absolute atomic E-state index is 11.5. The Labute approximate surface area is 107 Å². The lowest BCUT2D eigenvalue weighted by molar-refractivity contribution is -0.145. The lowest BCUT2D eigenvalue weighted by atomic mass is 10.2. The van der Waals surface area contributed by atoms with E-state index in [4.69, 9.17) is 4.74 Å². The van der Waals surface area contributed by atoms with Gasteiger partial charge in [-0.25, -0.2) is 8.42 Å². The molecule has 2 aliphatic rings. The van der Waals surface area contributed by atoms with E-state index in [1.807, 2.05) is 0 Å². The van der Waals surface area contributed by atoms with Gasteiger partial charge in [-0.1, -0.05) is 0 Å². The summed E-state index contributed by atoms with van der Waals surface area (Å²) in [4.78, 5) is 13.3. The van der Waals surface area contributed by atoms with E-state index in [-0.39, 0.29) is 30.1 Å². The zero-order valence-electron chi connectivity index (χ0n) is 10.4. The van der Waals surface area contributed by atoms with E-state index in [1.165, 1.54) is 0 Å². The van der Waals surface area contributed by atoms with Crippen molar-refractivity contribution >= 4 is 15.8 Å². The summed E-state index contributed by atoms with van der Waals surface area (Å²) < 4.78 is 27.9. The summed E-state index contributed by atoms with van der Waals surface area (Å²) in [5.41, 5.74) is 0. The van der Waals surface area contributed by atoms with Gasteiger partial charge < -0.3 is 9.84 Å². The van der Waals surface area contributed by atoms with E-state index in [1.54, 1.807) is 11.8 Å². The Kier molecular flexibility index (Phi) is 3.93. The van der Waals surface area contributed by atoms with Crippen molar-refractivity contribution in [3.05, 3.63) is 0 Å². The monoisotopic (exact) mass is 277 g/mol. The fourth-order valence-electron chi connectivity index (χ4n) is 2.41. The third-order valence-electron chi connectivity index (χ3n) is 3.35. The van der Waals surface area contributed by atoms with Crippen molar-refractivity contribution in [1.82, 2.24) is 4.90 Å². The second-order valence-electron chi connectivity index (χ2n) is 4.92. The molecule has 0 amide bonds. The van der Waals surface area contributed by atoms with Crippen LogP contribution in [0, 0.1) is 0 Å². The molecular weight excluding hydrogens is 258 g/mol. The number of carbonyl (C=O) groups is 1. The van der Waals surface area contributed by atoms with Crippen molar-refractivity contribution in [3.8, 4) is 0 Å². The first-order valence-electron chi connectivity index (χ1n) is 6.23. The number of carbonyl (C=O) groups excluding carboxylic acids is 1. The molecule has 1 saturated carbocycles. The van der Waals surface area contributed by atoms with Crippen LogP contribution < -0.4 is 0 Å². The Morgan fingerprint density at radius 3 is 2.50 bits per heavy atom. The Bertz CT molecular complexity index is 417. The summed E-state index contributed by atoms with van der Waals surface area (Å²) in [6.07, 6.45) is 0.996. The molecule has 2 unspecified atom stereocenters. The molecule has 2 fully saturated rings. The molecule has 104 valence electrons. The van der Waals surface area contributed by atoms with E-state index in [0.717, 1.165) is 12.8 Å². The Hall–Kier alpha value is -0.660. The summed E-state index contributed by atoms with van der Waals surface area (Å²) in [7, 11) is -3.19. The molecule has 1 aliphatic carbocycles. The molecule has 0 bridgehead atoms. The summed E-state index contributed by atoms with van der Waals surface area (Å²) in [5, 5.41) is 9.84. The number of aliphatic hydroxyl groups excluding tert-OH is 1. The maximum atomic E-state index is 11.5. The van der Waals surface area contributed by atoms with Crippen molar-refractivity contribution in [2.45, 2.75) is 38.0 Å². The first-order chi connectivity index (χ1) is 8.43. The molecule has 0 aromatic carbocycles. The summed E-state index contributed by atoms with van der Waals surface area (Å²) in [5.74, 6) is -0.630. The Morgan fingerprint density at radius 2 is 2.06 bits per heavy atom. The van der Waals surface area contributed by atoms with Gasteiger partial charge in [0.15, 0.2) is 9.84 Å². The molecule has 7 heteroatoms. The zero-order chi connectivity index (χ0) is 13.3. The standard InChI is InChI=1S/C11H19NO5S/c1-2-17-11(14)5-12(8-3-4-8)9-6-18(15,16)7-10(9)13/h8-10,13H,2-7H2,1H3. The van der Waals surface area contributed by atoms with E-state index < -0.39 is 22.0 Å². The minimum absolute atomic E-state index is 0.0652. The number of aliphatic hydroxyl groups is 1. The molecule has 1 aliphatic heterocycles. The van der Waals surface area contributed by atoms with E-state index >= 15 is 0 Å². The van der Waals surface area contributed by atoms with Crippen molar-refractivity contribution < 1.29 is 23.1 Å². The minimum atomic E-state index is -3.19. The van der Waals surface area contributed by atoms with E-state index in [9.17, 15) is 18.3 Å². The molecular formula is C11H19NO5S. The van der Waals surface area contributed by atoms with Crippen LogP contribution in [0.1, 0.15) is 19.8 Å². The van der Waals surface area contributed by atoms with Crippen LogP contribution in [0.15, 0.2) is 0 Å². The lowest BCUT2D eigenvalue weighted by Crippen LogP contribution is -2.47. The first-order valence-corrected chi connectivity index (χ1v) is 8.05. The molecule has 1 N–H and O–H groups in total. The van der Waals surface area contributed by atoms with Crippen LogP contribution in [-0.4, -0.2) is 67.2 Å². The average molecular weight is 277 g/mol. The van der Waals surface area contributed by atoms with Gasteiger partial charge in [-0.05, 0) is 19.8 Å². The fourth-order valence-corrected chi connectivity index (χ4v) is 4.22. The number of esters is 1. The van der Waals surface area contributed by atoms with Gasteiger partial charge in [0, 0.05) is 6.04 Å². The normalized spacial score (nSPS) is 30.6. The SMILES string of the molecule is CCOC(=O)CN(C1CC1)C1CS(=O)(=O)CC1O. The smallest absolute Gasteiger partial charge is 0.320 e. The second kappa shape index (κ2) is 5.14. The number of hydrogen-bond donors (Lipinski definition) is 1. The minimum Gasteiger partial charge on any atom is -0.465 e. The summed E-state index contributed by atoms with van der Waals surface area (Å²) in [6.45, 7) is 2.10. The Morgan fingerprint density at radius 1 is 1.39 bits per heavy atom. The number of sulfone groups is 1. The van der Waals surface area contributed by atoms with Crippen LogP contribution in [0.2, 0.25) is 0 Å². The molecule has 0 radical (unpaired) electrons. The van der Waals surface area contributed by atoms with Crippen molar-refractivity contribution in [3.63, 3.8) is 0 Å². The first kappa shape index (κ1) is 13.8. The Balaban J connectivity index is 2.04. The predicted octanol–water partition coefficient (Wildman–Crippen LogP) is -0.828. The highest BCUT2D eigenvalue weighted by molar-refractivity contribution is 7.91. The van der Waals surface area contributed by atoms with Crippen LogP contribution >= 0.6 is 0 Å². The van der Waals surface area contributed by atoms with Crippen LogP contribution in [0.25, 0.3) is 0 Å². The molecule has 2 rings (SSSR count). The van der Waals surface area contributed by atoms with E-state index in [0.29, 0.717) is 6.61 Å². The third-order valence-corrected chi connectivity index (χ3v) is 5.05. The van der Waals surface area contributed by atoms with Gasteiger partial charge in [0.2, 0.25) is 0 Å². The average Bonchev–Trinajstić information content (AvgIpc) is 3.02. The number of ether oxygens (including phenoxy) is 1. The zero-order valence-corrected chi connectivity index (χ0v) is 11.2. The number of hydrogen-bond acceptors (Lipinski definition) is 6. The van der Waals surface area contributed by atoms with Crippen LogP contribution in [0.5, 0.6) is 0 Å². The van der Waals surface area contributed by atoms with Crippen LogP contribution in [-0.2, 0) is 19.4 Å². The van der Waals surface area contributed by atoms with Crippen molar-refractivity contribution in [1.29, 1.82) is 0 Å². The highest BCUT2D eigenvalue weighted by atomic mass is 32.2. The van der Waals surface area contributed by atoms with Gasteiger partial charge in [0.05, 0.1) is 36.8 Å². The topological polar surface area (TPSA) is 83.9 Å².